The molecule has 1 aromatic carbocycles. The number of aromatic nitrogens is 2. The summed E-state index contributed by atoms with van der Waals surface area (Å²) < 4.78 is 6.08. The van der Waals surface area contributed by atoms with Gasteiger partial charge >= 0.3 is 0 Å². The summed E-state index contributed by atoms with van der Waals surface area (Å²) in [6.45, 7) is 5.76. The number of aliphatic hydroxyl groups is 1. The first-order valence-corrected chi connectivity index (χ1v) is 7.54. The third kappa shape index (κ3) is 3.22. The summed E-state index contributed by atoms with van der Waals surface area (Å²) >= 11 is 9.33. The van der Waals surface area contributed by atoms with Crippen LogP contribution in [-0.4, -0.2) is 21.4 Å². The minimum atomic E-state index is -0.541. The zero-order chi connectivity index (χ0) is 14.9. The molecular formula is C14H16BrClN2O2. The summed E-state index contributed by atoms with van der Waals surface area (Å²) in [5, 5.41) is 14.5. The molecule has 0 fully saturated rings. The molecule has 108 valence electrons. The van der Waals surface area contributed by atoms with Gasteiger partial charge in [-0.05, 0) is 47.0 Å². The van der Waals surface area contributed by atoms with Crippen molar-refractivity contribution in [3.63, 3.8) is 0 Å². The van der Waals surface area contributed by atoms with E-state index in [0.717, 1.165) is 10.0 Å². The van der Waals surface area contributed by atoms with Crippen molar-refractivity contribution < 1.29 is 9.63 Å². The summed E-state index contributed by atoms with van der Waals surface area (Å²) in [7, 11) is 0. The molecule has 2 aromatic rings. The topological polar surface area (TPSA) is 59.2 Å². The Morgan fingerprint density at radius 1 is 1.30 bits per heavy atom. The molecule has 1 aromatic heterocycles. The molecule has 20 heavy (non-hydrogen) atoms. The van der Waals surface area contributed by atoms with Crippen LogP contribution in [0.5, 0.6) is 0 Å². The van der Waals surface area contributed by atoms with Gasteiger partial charge in [-0.1, -0.05) is 30.6 Å². The smallest absolute Gasteiger partial charge is 0.232 e. The normalized spacial score (nSPS) is 14.6. The van der Waals surface area contributed by atoms with Crippen LogP contribution in [0.25, 0.3) is 11.4 Å². The van der Waals surface area contributed by atoms with Crippen LogP contribution in [0.4, 0.5) is 0 Å². The fraction of sp³-hybridized carbons (Fsp3) is 0.429. The van der Waals surface area contributed by atoms with Crippen LogP contribution in [-0.2, 0) is 0 Å². The third-order valence-corrected chi connectivity index (χ3v) is 4.36. The Kier molecular flexibility index (Phi) is 4.83. The van der Waals surface area contributed by atoms with Gasteiger partial charge in [0.25, 0.3) is 0 Å². The molecule has 6 heteroatoms. The first kappa shape index (κ1) is 15.5. The van der Waals surface area contributed by atoms with Crippen LogP contribution < -0.4 is 0 Å². The number of hydrogen-bond donors (Lipinski definition) is 1. The molecule has 0 aliphatic rings. The Balaban J connectivity index is 2.34. The highest BCUT2D eigenvalue weighted by molar-refractivity contribution is 9.10. The molecule has 0 spiro atoms. The van der Waals surface area contributed by atoms with Gasteiger partial charge in [-0.3, -0.25) is 0 Å². The molecule has 0 bridgehead atoms. The molecule has 0 radical (unpaired) electrons. The van der Waals surface area contributed by atoms with Gasteiger partial charge in [-0.2, -0.15) is 4.98 Å². The Bertz CT molecular complexity index is 591. The quantitative estimate of drug-likeness (QED) is 0.885. The van der Waals surface area contributed by atoms with Crippen molar-refractivity contribution in [3.8, 4) is 11.4 Å². The van der Waals surface area contributed by atoms with E-state index in [-0.39, 0.29) is 11.8 Å². The van der Waals surface area contributed by atoms with Gasteiger partial charge in [0, 0.05) is 10.0 Å². The van der Waals surface area contributed by atoms with Crippen LogP contribution in [0.2, 0.25) is 5.02 Å². The van der Waals surface area contributed by atoms with E-state index in [1.165, 1.54) is 0 Å². The fourth-order valence-corrected chi connectivity index (χ4v) is 2.67. The van der Waals surface area contributed by atoms with E-state index in [2.05, 4.69) is 26.1 Å². The maximum absolute atomic E-state index is 9.84. The van der Waals surface area contributed by atoms with E-state index >= 15 is 0 Å². The van der Waals surface area contributed by atoms with Crippen molar-refractivity contribution in [2.75, 3.05) is 0 Å². The van der Waals surface area contributed by atoms with Crippen LogP contribution in [0.15, 0.2) is 27.2 Å². The Morgan fingerprint density at radius 3 is 2.55 bits per heavy atom. The van der Waals surface area contributed by atoms with E-state index in [1.807, 2.05) is 26.0 Å². The minimum absolute atomic E-state index is 0.174. The molecule has 0 aliphatic carbocycles. The number of hydrogen-bond acceptors (Lipinski definition) is 4. The summed E-state index contributed by atoms with van der Waals surface area (Å²) in [4.78, 5) is 4.39. The lowest BCUT2D eigenvalue weighted by molar-refractivity contribution is 0.120. The van der Waals surface area contributed by atoms with Crippen molar-refractivity contribution in [3.05, 3.63) is 33.6 Å². The lowest BCUT2D eigenvalue weighted by Crippen LogP contribution is -2.20. The Labute approximate surface area is 131 Å². The summed E-state index contributed by atoms with van der Waals surface area (Å²) in [6.07, 6.45) is -0.541. The fourth-order valence-electron chi connectivity index (χ4n) is 2.17. The molecule has 4 nitrogen and oxygen atoms in total. The second-order valence-corrected chi connectivity index (χ2v) is 6.36. The van der Waals surface area contributed by atoms with E-state index in [9.17, 15) is 5.11 Å². The van der Waals surface area contributed by atoms with Gasteiger partial charge in [0.2, 0.25) is 11.7 Å². The number of halogens is 2. The van der Waals surface area contributed by atoms with E-state index < -0.39 is 6.10 Å². The van der Waals surface area contributed by atoms with Crippen molar-refractivity contribution in [2.24, 2.45) is 5.92 Å². The summed E-state index contributed by atoms with van der Waals surface area (Å²) in [5.74, 6) is 0.979. The van der Waals surface area contributed by atoms with Gasteiger partial charge in [0.15, 0.2) is 0 Å². The Hall–Kier alpha value is -0.910. The van der Waals surface area contributed by atoms with Crippen molar-refractivity contribution in [2.45, 2.75) is 32.8 Å². The van der Waals surface area contributed by atoms with E-state index in [0.29, 0.717) is 16.7 Å². The third-order valence-electron chi connectivity index (χ3n) is 3.14. The first-order chi connectivity index (χ1) is 9.40. The molecule has 0 aliphatic heterocycles. The van der Waals surface area contributed by atoms with Crippen LogP contribution in [0, 0.1) is 5.92 Å². The van der Waals surface area contributed by atoms with Crippen LogP contribution >= 0.6 is 27.5 Å². The highest BCUT2D eigenvalue weighted by Gasteiger charge is 2.27. The number of aliphatic hydroxyl groups excluding tert-OH is 1. The minimum Gasteiger partial charge on any atom is -0.393 e. The van der Waals surface area contributed by atoms with Crippen molar-refractivity contribution >= 4 is 27.5 Å². The zero-order valence-electron chi connectivity index (χ0n) is 11.5. The van der Waals surface area contributed by atoms with Crippen molar-refractivity contribution in [1.82, 2.24) is 10.1 Å². The molecule has 0 saturated heterocycles. The molecule has 0 amide bonds. The van der Waals surface area contributed by atoms with E-state index in [4.69, 9.17) is 16.1 Å². The molecule has 2 rings (SSSR count). The first-order valence-electron chi connectivity index (χ1n) is 6.37. The molecule has 1 N–H and O–H groups in total. The second kappa shape index (κ2) is 6.24. The number of nitrogens with zero attached hydrogens (tertiary/aromatic N) is 2. The van der Waals surface area contributed by atoms with Gasteiger partial charge in [-0.15, -0.1) is 0 Å². The van der Waals surface area contributed by atoms with Gasteiger partial charge in [0.1, 0.15) is 0 Å². The number of benzene rings is 1. The second-order valence-electron chi connectivity index (χ2n) is 5.10. The summed E-state index contributed by atoms with van der Waals surface area (Å²) in [6, 6.07) is 5.43. The Morgan fingerprint density at radius 2 is 2.00 bits per heavy atom. The molecular weight excluding hydrogens is 344 g/mol. The monoisotopic (exact) mass is 358 g/mol. The van der Waals surface area contributed by atoms with Gasteiger partial charge in [0.05, 0.1) is 17.0 Å². The molecule has 2 unspecified atom stereocenters. The zero-order valence-corrected chi connectivity index (χ0v) is 13.8. The van der Waals surface area contributed by atoms with Gasteiger partial charge in [-0.25, -0.2) is 0 Å². The summed E-state index contributed by atoms with van der Waals surface area (Å²) in [5.41, 5.74) is 0.810. The highest BCUT2D eigenvalue weighted by atomic mass is 79.9. The van der Waals surface area contributed by atoms with Crippen LogP contribution in [0.3, 0.4) is 0 Å². The standard InChI is InChI=1S/C14H16BrClN2O2/c1-7(2)12(8(3)19)14-17-13(18-20-14)9-4-5-11(16)10(15)6-9/h4-8,12,19H,1-3H3. The molecule has 1 heterocycles. The average molecular weight is 360 g/mol. The number of rotatable bonds is 4. The lowest BCUT2D eigenvalue weighted by atomic mass is 9.91. The maximum Gasteiger partial charge on any atom is 0.232 e. The predicted octanol–water partition coefficient (Wildman–Crippen LogP) is 4.27. The van der Waals surface area contributed by atoms with Crippen molar-refractivity contribution in [1.29, 1.82) is 0 Å². The molecule has 2 atom stereocenters. The maximum atomic E-state index is 9.84. The average Bonchev–Trinajstić information content (AvgIpc) is 2.81. The van der Waals surface area contributed by atoms with E-state index in [1.54, 1.807) is 13.0 Å². The molecule has 0 saturated carbocycles. The SMILES string of the molecule is CC(C)C(c1nc(-c2ccc(Cl)c(Br)c2)no1)C(C)O. The lowest BCUT2D eigenvalue weighted by Gasteiger charge is -2.19. The van der Waals surface area contributed by atoms with Gasteiger partial charge < -0.3 is 9.63 Å². The highest BCUT2D eigenvalue weighted by Crippen LogP contribution is 2.30. The van der Waals surface area contributed by atoms with Crippen LogP contribution in [0.1, 0.15) is 32.6 Å². The predicted molar refractivity (Wildman–Crippen MR) is 81.7 cm³/mol. The largest absolute Gasteiger partial charge is 0.393 e.